The number of phenolic OH excluding ortho intramolecular Hbond substituents is 1. The van der Waals surface area contributed by atoms with E-state index in [-0.39, 0.29) is 17.6 Å². The highest BCUT2D eigenvalue weighted by Gasteiger charge is 2.32. The fraction of sp³-hybridized carbons (Fsp3) is 0.333. The largest absolute Gasteiger partial charge is 0.507 e. The van der Waals surface area contributed by atoms with Crippen LogP contribution in [0.3, 0.4) is 0 Å². The second-order valence-electron chi connectivity index (χ2n) is 13.6. The van der Waals surface area contributed by atoms with E-state index in [4.69, 9.17) is 14.5 Å². The minimum Gasteiger partial charge on any atom is -0.507 e. The molecule has 0 spiro atoms. The van der Waals surface area contributed by atoms with Crippen molar-refractivity contribution < 1.29 is 19.4 Å². The highest BCUT2D eigenvalue weighted by Crippen LogP contribution is 2.47. The summed E-state index contributed by atoms with van der Waals surface area (Å²) in [6, 6.07) is 15.9. The third-order valence-electron chi connectivity index (χ3n) is 9.83. The number of unbranched alkanes of at least 4 members (excludes halogenated alkanes) is 2. The summed E-state index contributed by atoms with van der Waals surface area (Å²) in [5.41, 5.74) is 9.43. The molecule has 4 aromatic rings. The zero-order valence-electron chi connectivity index (χ0n) is 29.5. The average molecular weight is 658 g/mol. The molecule has 3 heterocycles. The van der Waals surface area contributed by atoms with E-state index in [0.717, 1.165) is 83.2 Å². The number of ether oxygens (including phenoxy) is 2. The van der Waals surface area contributed by atoms with Gasteiger partial charge in [0.1, 0.15) is 23.0 Å². The van der Waals surface area contributed by atoms with E-state index in [1.54, 1.807) is 11.7 Å². The molecule has 49 heavy (non-hydrogen) atoms. The number of aliphatic imine (C=N–C) groups is 1. The van der Waals surface area contributed by atoms with Crippen molar-refractivity contribution in [3.8, 4) is 11.5 Å². The molecule has 1 aliphatic carbocycles. The monoisotopic (exact) mass is 657 g/mol. The molecule has 0 saturated heterocycles. The van der Waals surface area contributed by atoms with Gasteiger partial charge in [-0.2, -0.15) is 0 Å². The first-order valence-corrected chi connectivity index (χ1v) is 17.3. The third-order valence-corrected chi connectivity index (χ3v) is 9.83. The number of aromatic nitrogens is 2. The van der Waals surface area contributed by atoms with Gasteiger partial charge in [-0.3, -0.25) is 0 Å². The summed E-state index contributed by atoms with van der Waals surface area (Å²) >= 11 is 0. The molecular formula is C42H47N3O4. The smallest absolute Gasteiger partial charge is 0.424 e. The number of aromatic hydroxyl groups is 1. The number of para-hydroxylation sites is 1. The van der Waals surface area contributed by atoms with Crippen molar-refractivity contribution in [2.24, 2.45) is 10.9 Å². The molecule has 0 fully saturated rings. The molecule has 2 N–H and O–H groups in total. The van der Waals surface area contributed by atoms with Gasteiger partial charge in [-0.05, 0) is 107 Å². The lowest BCUT2D eigenvalue weighted by Gasteiger charge is -2.32. The summed E-state index contributed by atoms with van der Waals surface area (Å²) in [7, 11) is 1.62. The topological polar surface area (TPSA) is 88.8 Å². The van der Waals surface area contributed by atoms with E-state index in [9.17, 15) is 9.90 Å². The fourth-order valence-electron chi connectivity index (χ4n) is 7.26. The van der Waals surface area contributed by atoms with Crippen LogP contribution in [0.25, 0.3) is 17.0 Å². The van der Waals surface area contributed by atoms with Gasteiger partial charge in [0.25, 0.3) is 0 Å². The highest BCUT2D eigenvalue weighted by molar-refractivity contribution is 6.13. The van der Waals surface area contributed by atoms with Crippen molar-refractivity contribution in [2.75, 3.05) is 7.11 Å². The molecule has 0 radical (unpaired) electrons. The van der Waals surface area contributed by atoms with Crippen LogP contribution >= 0.6 is 0 Å². The predicted octanol–water partition coefficient (Wildman–Crippen LogP) is 10.5. The van der Waals surface area contributed by atoms with Gasteiger partial charge in [0.2, 0.25) is 0 Å². The van der Waals surface area contributed by atoms with Crippen LogP contribution in [0.1, 0.15) is 92.6 Å². The molecule has 254 valence electrons. The zero-order chi connectivity index (χ0) is 34.8. The third kappa shape index (κ3) is 6.93. The Kier molecular flexibility index (Phi) is 9.81. The van der Waals surface area contributed by atoms with Gasteiger partial charge in [0.15, 0.2) is 0 Å². The number of methoxy groups -OCH3 is 1. The van der Waals surface area contributed by atoms with E-state index in [1.807, 2.05) is 69.3 Å². The maximum absolute atomic E-state index is 14.3. The van der Waals surface area contributed by atoms with Crippen LogP contribution in [0.2, 0.25) is 0 Å². The Morgan fingerprint density at radius 1 is 1.14 bits per heavy atom. The minimum absolute atomic E-state index is 0.125. The lowest BCUT2D eigenvalue weighted by atomic mass is 9.73. The number of H-pyrrole nitrogens is 1. The van der Waals surface area contributed by atoms with Crippen LogP contribution in [-0.2, 0) is 11.2 Å². The molecule has 2 aromatic carbocycles. The predicted molar refractivity (Wildman–Crippen MR) is 199 cm³/mol. The first-order valence-electron chi connectivity index (χ1n) is 17.3. The Hall–Kier alpha value is -5.04. The molecule has 1 aliphatic heterocycles. The summed E-state index contributed by atoms with van der Waals surface area (Å²) in [6.45, 7) is 14.5. The van der Waals surface area contributed by atoms with Crippen LogP contribution in [0.15, 0.2) is 94.9 Å². The molecule has 7 heteroatoms. The Labute approximate surface area is 289 Å². The molecule has 6 rings (SSSR count). The fourth-order valence-corrected chi connectivity index (χ4v) is 7.26. The number of nitrogens with one attached hydrogen (secondary N) is 1. The molecule has 2 aliphatic rings. The van der Waals surface area contributed by atoms with Crippen molar-refractivity contribution in [1.82, 2.24) is 9.55 Å². The lowest BCUT2D eigenvalue weighted by Crippen LogP contribution is -2.22. The average Bonchev–Trinajstić information content (AvgIpc) is 3.75. The van der Waals surface area contributed by atoms with Gasteiger partial charge < -0.3 is 19.6 Å². The van der Waals surface area contributed by atoms with E-state index in [0.29, 0.717) is 28.5 Å². The van der Waals surface area contributed by atoms with Gasteiger partial charge >= 0.3 is 6.09 Å². The number of carbonyl (C=O) groups excluding carboxylic acids is 1. The molecule has 7 nitrogen and oxygen atoms in total. The molecule has 2 aromatic heterocycles. The van der Waals surface area contributed by atoms with Crippen molar-refractivity contribution in [2.45, 2.75) is 79.1 Å². The number of aryl methyl sites for hydroxylation is 3. The van der Waals surface area contributed by atoms with Gasteiger partial charge in [0, 0.05) is 34.2 Å². The summed E-state index contributed by atoms with van der Waals surface area (Å²) in [4.78, 5) is 22.6. The number of phenols is 1. The number of rotatable bonds is 10. The normalized spacial score (nSPS) is 18.4. The first-order chi connectivity index (χ1) is 23.6. The number of allylic oxidation sites excluding steroid dienone is 4. The standard InChI is InChI=1S/C42H47N3O4/c1-8-9-10-13-29-20-38(46)41(32-18-26(4)16-17-31(32)25(2)3)40(21-29)49-42(47)45-28(6)19-27(5)37(45)23-36-39(48-7)24-35(44-36)34-22-30-14-11-12-15-33(30)43-34/h11-12,14-15,18-24,31-32,43,46H,2,8-10,13,16-17H2,1,3-7H3/b36-23-. The summed E-state index contributed by atoms with van der Waals surface area (Å²) in [6.07, 6.45) is 11.3. The number of aromatic amines is 1. The van der Waals surface area contributed by atoms with Crippen LogP contribution in [0.4, 0.5) is 4.79 Å². The number of nitrogens with zero attached hydrogens (tertiary/aromatic N) is 2. The van der Waals surface area contributed by atoms with E-state index in [1.165, 1.54) is 5.57 Å². The summed E-state index contributed by atoms with van der Waals surface area (Å²) < 4.78 is 13.7. The van der Waals surface area contributed by atoms with Crippen molar-refractivity contribution in [3.63, 3.8) is 0 Å². The minimum atomic E-state index is -0.548. The Morgan fingerprint density at radius 3 is 2.67 bits per heavy atom. The van der Waals surface area contributed by atoms with Crippen molar-refractivity contribution in [1.29, 1.82) is 0 Å². The van der Waals surface area contributed by atoms with Gasteiger partial charge in [-0.25, -0.2) is 14.4 Å². The van der Waals surface area contributed by atoms with Gasteiger partial charge in [0.05, 0.1) is 24.2 Å². The van der Waals surface area contributed by atoms with Crippen molar-refractivity contribution in [3.05, 3.63) is 124 Å². The van der Waals surface area contributed by atoms with Crippen LogP contribution < -0.4 is 4.74 Å². The van der Waals surface area contributed by atoms with Gasteiger partial charge in [-0.15, -0.1) is 0 Å². The number of carbonyl (C=O) groups is 1. The van der Waals surface area contributed by atoms with Crippen LogP contribution in [0, 0.1) is 19.8 Å². The van der Waals surface area contributed by atoms with Crippen LogP contribution in [0.5, 0.6) is 11.5 Å². The molecule has 2 atom stereocenters. The second kappa shape index (κ2) is 14.2. The van der Waals surface area contributed by atoms with E-state index < -0.39 is 6.09 Å². The Morgan fingerprint density at radius 2 is 1.94 bits per heavy atom. The van der Waals surface area contributed by atoms with Crippen LogP contribution in [-0.4, -0.2) is 33.6 Å². The summed E-state index contributed by atoms with van der Waals surface area (Å²) in [5.74, 6) is 1.11. The van der Waals surface area contributed by atoms with E-state index >= 15 is 0 Å². The van der Waals surface area contributed by atoms with Gasteiger partial charge in [-0.1, -0.05) is 61.8 Å². The zero-order valence-corrected chi connectivity index (χ0v) is 29.5. The highest BCUT2D eigenvalue weighted by atomic mass is 16.6. The van der Waals surface area contributed by atoms with Crippen molar-refractivity contribution >= 4 is 28.8 Å². The number of hydrogen-bond acceptors (Lipinski definition) is 5. The second-order valence-corrected chi connectivity index (χ2v) is 13.6. The lowest BCUT2D eigenvalue weighted by molar-refractivity contribution is 0.200. The molecule has 2 unspecified atom stereocenters. The molecule has 0 bridgehead atoms. The quantitative estimate of drug-likeness (QED) is 0.131. The molecular weight excluding hydrogens is 610 g/mol. The number of fused-ring (bicyclic) bond motifs is 1. The first kappa shape index (κ1) is 33.8. The molecule has 0 amide bonds. The maximum atomic E-state index is 14.3. The number of benzene rings is 2. The maximum Gasteiger partial charge on any atom is 0.424 e. The Bertz CT molecular complexity index is 2020. The summed E-state index contributed by atoms with van der Waals surface area (Å²) in [5, 5.41) is 12.7. The molecule has 0 saturated carbocycles. The van der Waals surface area contributed by atoms with E-state index in [2.05, 4.69) is 43.6 Å². The Balaban J connectivity index is 1.39. The SMILES string of the molecule is C=C(C)C1CCC(C)=CC1c1c(O)cc(CCCCC)cc1OC(=O)n1c(C)cc(C)c1/C=C1\N=C(c2cc3ccccc3[nH]2)C=C1OC. The number of hydrogen-bond donors (Lipinski definition) is 2.